The molecule has 0 amide bonds. The Morgan fingerprint density at radius 3 is 2.71 bits per heavy atom. The highest BCUT2D eigenvalue weighted by Crippen LogP contribution is 2.44. The minimum absolute atomic E-state index is 0.0490. The maximum atomic E-state index is 14.0. The first kappa shape index (κ1) is 32.0. The molecular weight excluding hydrogens is 626 g/mol. The quantitative estimate of drug-likeness (QED) is 0.191. The number of aliphatic hydroxyl groups is 2. The molecule has 48 heavy (non-hydrogen) atoms. The second-order valence-electron chi connectivity index (χ2n) is 12.1. The number of nitrogens with one attached hydrogen (secondary N) is 1. The Morgan fingerprint density at radius 2 is 1.98 bits per heavy atom. The van der Waals surface area contributed by atoms with Gasteiger partial charge >= 0.3 is 12.1 Å². The van der Waals surface area contributed by atoms with Gasteiger partial charge in [-0.1, -0.05) is 29.7 Å². The number of carbonyl (C=O) groups excluding carboxylic acids is 2. The predicted molar refractivity (Wildman–Crippen MR) is 166 cm³/mol. The lowest BCUT2D eigenvalue weighted by molar-refractivity contribution is -0.273. The average molecular weight is 660 g/mol. The number of aliphatic hydroxyl groups excluding tert-OH is 2. The highest BCUT2D eigenvalue weighted by Gasteiger charge is 2.65. The van der Waals surface area contributed by atoms with E-state index < -0.39 is 72.8 Å². The van der Waals surface area contributed by atoms with Gasteiger partial charge in [-0.25, -0.2) is 9.59 Å². The Morgan fingerprint density at radius 1 is 1.17 bits per heavy atom. The van der Waals surface area contributed by atoms with Crippen LogP contribution in [0.2, 0.25) is 0 Å². The van der Waals surface area contributed by atoms with Gasteiger partial charge in [0.05, 0.1) is 19.3 Å². The van der Waals surface area contributed by atoms with Crippen LogP contribution < -0.4 is 10.1 Å². The Hall–Kier alpha value is -4.60. The summed E-state index contributed by atoms with van der Waals surface area (Å²) in [5.74, 6) is 11.4. The zero-order valence-corrected chi connectivity index (χ0v) is 26.4. The number of cyclic esters (lactones) is 2. The van der Waals surface area contributed by atoms with Gasteiger partial charge in [0.15, 0.2) is 24.6 Å². The summed E-state index contributed by atoms with van der Waals surface area (Å²) in [4.78, 5) is 25.7. The van der Waals surface area contributed by atoms with Gasteiger partial charge in [0, 0.05) is 16.5 Å². The van der Waals surface area contributed by atoms with E-state index in [-0.39, 0.29) is 17.9 Å². The van der Waals surface area contributed by atoms with Gasteiger partial charge in [-0.2, -0.15) is 0 Å². The molecular formula is C35H33NO12. The van der Waals surface area contributed by atoms with E-state index in [9.17, 15) is 24.9 Å². The lowest BCUT2D eigenvalue weighted by Crippen LogP contribution is -2.62. The molecule has 13 heteroatoms. The molecule has 0 saturated carbocycles. The minimum atomic E-state index is -1.24. The van der Waals surface area contributed by atoms with Crippen LogP contribution in [0.5, 0.6) is 11.5 Å². The van der Waals surface area contributed by atoms with Crippen LogP contribution in [0.15, 0.2) is 47.6 Å². The monoisotopic (exact) mass is 659 g/mol. The summed E-state index contributed by atoms with van der Waals surface area (Å²) in [6.45, 7) is 3.42. The van der Waals surface area contributed by atoms with Crippen molar-refractivity contribution in [2.45, 2.75) is 74.5 Å². The number of hydrogen-bond acceptors (Lipinski definition) is 13. The number of benzene rings is 2. The molecule has 4 N–H and O–H groups in total. The fourth-order valence-electron chi connectivity index (χ4n) is 6.50. The number of aromatic hydroxyl groups is 1. The fraction of sp³-hybridized carbons (Fsp3) is 0.429. The van der Waals surface area contributed by atoms with E-state index in [1.807, 2.05) is 13.0 Å². The number of hydrogen-bond donors (Lipinski definition) is 4. The Bertz CT molecular complexity index is 1880. The van der Waals surface area contributed by atoms with Crippen molar-refractivity contribution in [1.29, 1.82) is 0 Å². The number of allylic oxidation sites excluding steroid dienone is 1. The van der Waals surface area contributed by atoms with E-state index in [2.05, 4.69) is 29.0 Å². The maximum Gasteiger partial charge on any atom is 0.508 e. The van der Waals surface area contributed by atoms with Crippen LogP contribution in [0.3, 0.4) is 0 Å². The van der Waals surface area contributed by atoms with Crippen molar-refractivity contribution in [3.63, 3.8) is 0 Å². The molecule has 0 bridgehead atoms. The summed E-state index contributed by atoms with van der Waals surface area (Å²) < 4.78 is 40.0. The molecule has 3 heterocycles. The molecule has 5 aliphatic rings. The molecule has 0 unspecified atom stereocenters. The van der Waals surface area contributed by atoms with Gasteiger partial charge in [-0.15, -0.1) is 0 Å². The number of rotatable bonds is 7. The van der Waals surface area contributed by atoms with Gasteiger partial charge in [0.1, 0.15) is 42.0 Å². The largest absolute Gasteiger partial charge is 0.508 e. The molecule has 2 aromatic rings. The second-order valence-corrected chi connectivity index (χ2v) is 12.1. The van der Waals surface area contributed by atoms with Crippen molar-refractivity contribution in [3.05, 3.63) is 58.7 Å². The third kappa shape index (κ3) is 5.35. The summed E-state index contributed by atoms with van der Waals surface area (Å²) in [7, 11) is 3.10. The second kappa shape index (κ2) is 12.1. The van der Waals surface area contributed by atoms with E-state index in [0.29, 0.717) is 22.3 Å². The Balaban J connectivity index is 1.27. The van der Waals surface area contributed by atoms with Gasteiger partial charge in [0.25, 0.3) is 0 Å². The number of ether oxygens (including phenoxy) is 7. The third-order valence-corrected chi connectivity index (χ3v) is 9.23. The smallest absolute Gasteiger partial charge is 0.507 e. The van der Waals surface area contributed by atoms with Crippen LogP contribution in [0.4, 0.5) is 4.79 Å². The molecule has 2 aromatic carbocycles. The highest BCUT2D eigenvalue weighted by atomic mass is 16.8. The average Bonchev–Trinajstić information content (AvgIpc) is 3.39. The van der Waals surface area contributed by atoms with E-state index in [0.717, 1.165) is 10.9 Å². The van der Waals surface area contributed by atoms with Gasteiger partial charge in [-0.3, -0.25) is 0 Å². The summed E-state index contributed by atoms with van der Waals surface area (Å²) >= 11 is 0. The van der Waals surface area contributed by atoms with Crippen molar-refractivity contribution in [1.82, 2.24) is 5.32 Å². The molecule has 3 saturated heterocycles. The number of phenolic OH excluding ortho intramolecular Hbond substituents is 1. The van der Waals surface area contributed by atoms with E-state index in [1.54, 1.807) is 38.3 Å². The van der Waals surface area contributed by atoms with Crippen LogP contribution in [-0.4, -0.2) is 109 Å². The van der Waals surface area contributed by atoms with Gasteiger partial charge in [0.2, 0.25) is 5.60 Å². The third-order valence-electron chi connectivity index (χ3n) is 9.23. The summed E-state index contributed by atoms with van der Waals surface area (Å²) in [6.07, 6.45) is -5.56. The molecule has 7 rings (SSSR count). The normalized spacial score (nSPS) is 34.6. The number of fused-ring (bicyclic) bond motifs is 3. The zero-order valence-electron chi connectivity index (χ0n) is 26.4. The van der Waals surface area contributed by atoms with Crippen molar-refractivity contribution in [2.24, 2.45) is 0 Å². The van der Waals surface area contributed by atoms with E-state index >= 15 is 0 Å². The fourth-order valence-corrected chi connectivity index (χ4v) is 6.50. The van der Waals surface area contributed by atoms with Gasteiger partial charge < -0.3 is 53.8 Å². The van der Waals surface area contributed by atoms with E-state index in [4.69, 9.17) is 33.2 Å². The summed E-state index contributed by atoms with van der Waals surface area (Å²) in [5, 5.41) is 36.3. The molecule has 10 atom stereocenters. The number of epoxide rings is 1. The summed E-state index contributed by atoms with van der Waals surface area (Å²) in [6, 6.07) is 5.74. The van der Waals surface area contributed by atoms with Crippen LogP contribution in [0.1, 0.15) is 22.8 Å². The molecule has 0 aromatic heterocycles. The Kier molecular flexibility index (Phi) is 8.08. The number of carbonyl (C=O) groups is 2. The lowest BCUT2D eigenvalue weighted by atomic mass is 9.97. The zero-order chi connectivity index (χ0) is 33.9. The SMILES string of the molecule is CN[C@H]1[C@@H](O[C@@H]2C3=CC#C[C@H]4O[C@@]4([C@H]4COC(=O)O4)C#CC3=C[C@H]2OC(=O)c2c(O)ccc3c(C)cc(OC)cc23)O[C@H](C)[C@H](O)[C@@H]1O. The van der Waals surface area contributed by atoms with E-state index in [1.165, 1.54) is 13.2 Å². The molecule has 13 nitrogen and oxygen atoms in total. The first-order valence-corrected chi connectivity index (χ1v) is 15.4. The summed E-state index contributed by atoms with van der Waals surface area (Å²) in [5.41, 5.74) is 0.400. The molecule has 3 fully saturated rings. The number of esters is 1. The van der Waals surface area contributed by atoms with Crippen LogP contribution >= 0.6 is 0 Å². The molecule has 0 radical (unpaired) electrons. The first-order valence-electron chi connectivity index (χ1n) is 15.4. The Labute approximate surface area is 275 Å². The van der Waals surface area contributed by atoms with Crippen molar-refractivity contribution in [2.75, 3.05) is 20.8 Å². The van der Waals surface area contributed by atoms with Crippen LogP contribution in [0, 0.1) is 30.6 Å². The molecule has 250 valence electrons. The topological polar surface area (TPSA) is 175 Å². The number of phenols is 1. The minimum Gasteiger partial charge on any atom is -0.507 e. The molecule has 3 aliphatic heterocycles. The van der Waals surface area contributed by atoms with Crippen molar-refractivity contribution in [3.8, 4) is 35.2 Å². The number of aryl methyl sites for hydroxylation is 1. The number of likely N-dealkylation sites (N-methyl/N-ethyl adjacent to an activating group) is 1. The predicted octanol–water partition coefficient (Wildman–Crippen LogP) is 1.39. The first-order chi connectivity index (χ1) is 23.0. The standard InChI is InChI=1S/C35H33NO12/c1-16-12-19(42-4)14-22-20(16)8-9-23(37)27(22)32(40)45-24-13-18-10-11-35(26-15-43-34(41)46-26)25(48-35)7-5-6-21(18)31(24)47-33-28(36-3)30(39)29(38)17(2)44-33/h6,8-9,12-14,17,24-26,28-31,33,36-39H,15H2,1-4H3/t17-,24-,25-,26-,28-,29+,30-,31-,33-,35+/m1/s1. The van der Waals surface area contributed by atoms with Crippen molar-refractivity contribution >= 4 is 22.9 Å². The lowest BCUT2D eigenvalue weighted by Gasteiger charge is -2.42. The van der Waals surface area contributed by atoms with Crippen LogP contribution in [-0.2, 0) is 28.4 Å². The molecule has 2 aliphatic carbocycles. The van der Waals surface area contributed by atoms with Gasteiger partial charge in [-0.05, 0) is 62.2 Å². The van der Waals surface area contributed by atoms with Crippen LogP contribution in [0.25, 0.3) is 10.8 Å². The molecule has 0 spiro atoms. The maximum absolute atomic E-state index is 14.0. The highest BCUT2D eigenvalue weighted by molar-refractivity contribution is 6.08. The van der Waals surface area contributed by atoms with Crippen molar-refractivity contribution < 1.29 is 58.1 Å². The number of methoxy groups -OCH3 is 1.